The van der Waals surface area contributed by atoms with E-state index in [0.29, 0.717) is 18.2 Å². The lowest BCUT2D eigenvalue weighted by molar-refractivity contribution is -0.138. The molecule has 0 heterocycles. The van der Waals surface area contributed by atoms with Crippen molar-refractivity contribution in [3.63, 3.8) is 0 Å². The van der Waals surface area contributed by atoms with Gasteiger partial charge >= 0.3 is 6.18 Å². The van der Waals surface area contributed by atoms with E-state index in [2.05, 4.69) is 6.08 Å². The highest BCUT2D eigenvalue weighted by atomic mass is 19.4. The lowest BCUT2D eigenvalue weighted by Crippen LogP contribution is -2.22. The number of halogens is 3. The third kappa shape index (κ3) is 3.76. The highest BCUT2D eigenvalue weighted by Gasteiger charge is 2.37. The second-order valence-corrected chi connectivity index (χ2v) is 6.69. The van der Waals surface area contributed by atoms with E-state index in [4.69, 9.17) is 4.74 Å². The first-order chi connectivity index (χ1) is 12.3. The van der Waals surface area contributed by atoms with Crippen LogP contribution in [0.2, 0.25) is 0 Å². The summed E-state index contributed by atoms with van der Waals surface area (Å²) in [6.07, 6.45) is 0.401. The number of carbonyl (C=O) groups excluding carboxylic acids is 1. The smallest absolute Gasteiger partial charge is 0.420 e. The summed E-state index contributed by atoms with van der Waals surface area (Å²) in [5.74, 6) is -0.419. The number of rotatable bonds is 3. The molecule has 2 aromatic carbocycles. The van der Waals surface area contributed by atoms with Crippen LogP contribution in [-0.2, 0) is 6.18 Å². The molecule has 0 bridgehead atoms. The summed E-state index contributed by atoms with van der Waals surface area (Å²) < 4.78 is 47.2. The zero-order valence-corrected chi connectivity index (χ0v) is 14.8. The Balaban J connectivity index is 2.03. The minimum atomic E-state index is -4.56. The van der Waals surface area contributed by atoms with Gasteiger partial charge in [0, 0.05) is 5.56 Å². The molecule has 0 saturated heterocycles. The van der Waals surface area contributed by atoms with Gasteiger partial charge in [-0.1, -0.05) is 29.8 Å². The molecule has 2 aromatic rings. The van der Waals surface area contributed by atoms with Crippen molar-refractivity contribution in [3.8, 4) is 5.75 Å². The molecule has 0 aromatic heterocycles. The summed E-state index contributed by atoms with van der Waals surface area (Å²) in [6, 6.07) is 7.41. The number of carbonyl (C=O) groups is 1. The zero-order chi connectivity index (χ0) is 18.9. The highest BCUT2D eigenvalue weighted by molar-refractivity contribution is 5.99. The van der Waals surface area contributed by atoms with Gasteiger partial charge in [0.15, 0.2) is 5.78 Å². The fraction of sp³-hybridized carbons (Fsp3) is 0.381. The lowest BCUT2D eigenvalue weighted by Gasteiger charge is -2.27. The Morgan fingerprint density at radius 2 is 1.81 bits per heavy atom. The van der Waals surface area contributed by atoms with E-state index in [1.807, 2.05) is 6.92 Å². The monoisotopic (exact) mass is 362 g/mol. The van der Waals surface area contributed by atoms with E-state index in [-0.39, 0.29) is 28.6 Å². The standard InChI is InChI=1S/C21H21F3O2/c1-3-14-4-9-17(10-5-14)26-19-11-8-15-6-7-16(13(2)25)12-18(15)20(19)21(22,23)24/h3,6-8,11-12,17H,4-5,9-10H2,1-2H3. The van der Waals surface area contributed by atoms with Gasteiger partial charge < -0.3 is 4.74 Å². The summed E-state index contributed by atoms with van der Waals surface area (Å²) in [4.78, 5) is 11.6. The SMILES string of the molecule is CC=C1CCC(Oc2ccc3ccc(C(C)=O)cc3c2C(F)(F)F)CC1. The van der Waals surface area contributed by atoms with Gasteiger partial charge in [0.2, 0.25) is 0 Å². The van der Waals surface area contributed by atoms with E-state index in [9.17, 15) is 18.0 Å². The first-order valence-corrected chi connectivity index (χ1v) is 8.75. The van der Waals surface area contributed by atoms with Crippen LogP contribution in [-0.4, -0.2) is 11.9 Å². The molecular formula is C21H21F3O2. The molecule has 0 aliphatic heterocycles. The van der Waals surface area contributed by atoms with Gasteiger partial charge in [-0.05, 0) is 62.4 Å². The molecule has 0 amide bonds. The predicted molar refractivity (Wildman–Crippen MR) is 95.6 cm³/mol. The minimum absolute atomic E-state index is 0.00709. The van der Waals surface area contributed by atoms with Crippen LogP contribution in [0, 0.1) is 0 Å². The van der Waals surface area contributed by atoms with Gasteiger partial charge in [-0.25, -0.2) is 0 Å². The quantitative estimate of drug-likeness (QED) is 0.471. The fourth-order valence-corrected chi connectivity index (χ4v) is 3.46. The fourth-order valence-electron chi connectivity index (χ4n) is 3.46. The Kier molecular flexibility index (Phi) is 5.08. The molecule has 1 saturated carbocycles. The Morgan fingerprint density at radius 3 is 2.38 bits per heavy atom. The minimum Gasteiger partial charge on any atom is -0.490 e. The van der Waals surface area contributed by atoms with Crippen molar-refractivity contribution in [2.24, 2.45) is 0 Å². The first kappa shape index (κ1) is 18.5. The molecule has 0 radical (unpaired) electrons. The van der Waals surface area contributed by atoms with Crippen molar-refractivity contribution in [1.82, 2.24) is 0 Å². The number of fused-ring (bicyclic) bond motifs is 1. The molecule has 1 aliphatic rings. The molecule has 0 unspecified atom stereocenters. The number of Topliss-reactive ketones (excluding diaryl/α,β-unsaturated/α-hetero) is 1. The van der Waals surface area contributed by atoms with Crippen LogP contribution in [0.5, 0.6) is 5.75 Å². The average molecular weight is 362 g/mol. The van der Waals surface area contributed by atoms with Crippen molar-refractivity contribution < 1.29 is 22.7 Å². The van der Waals surface area contributed by atoms with E-state index in [1.165, 1.54) is 24.6 Å². The lowest BCUT2D eigenvalue weighted by atomic mass is 9.92. The molecule has 3 rings (SSSR count). The number of alkyl halides is 3. The molecule has 0 N–H and O–H groups in total. The average Bonchev–Trinajstić information content (AvgIpc) is 2.60. The normalized spacial score (nSPS) is 18.0. The maximum atomic E-state index is 13.8. The molecule has 5 heteroatoms. The predicted octanol–water partition coefficient (Wildman–Crippen LogP) is 6.33. The van der Waals surface area contributed by atoms with Crippen LogP contribution >= 0.6 is 0 Å². The molecule has 26 heavy (non-hydrogen) atoms. The second kappa shape index (κ2) is 7.14. The van der Waals surface area contributed by atoms with E-state index < -0.39 is 11.7 Å². The van der Waals surface area contributed by atoms with Gasteiger partial charge in [-0.2, -0.15) is 13.2 Å². The van der Waals surface area contributed by atoms with Crippen LogP contribution in [0.25, 0.3) is 10.8 Å². The van der Waals surface area contributed by atoms with Crippen molar-refractivity contribution in [1.29, 1.82) is 0 Å². The summed E-state index contributed by atoms with van der Waals surface area (Å²) in [5.41, 5.74) is 0.788. The van der Waals surface area contributed by atoms with Crippen molar-refractivity contribution in [2.75, 3.05) is 0 Å². The summed E-state index contributed by atoms with van der Waals surface area (Å²) in [6.45, 7) is 3.32. The number of hydrogen-bond donors (Lipinski definition) is 0. The molecule has 138 valence electrons. The van der Waals surface area contributed by atoms with Gasteiger partial charge in [-0.3, -0.25) is 4.79 Å². The summed E-state index contributed by atoms with van der Waals surface area (Å²) >= 11 is 0. The second-order valence-electron chi connectivity index (χ2n) is 6.69. The van der Waals surface area contributed by atoms with Crippen LogP contribution in [0.4, 0.5) is 13.2 Å². The van der Waals surface area contributed by atoms with Crippen LogP contribution < -0.4 is 4.74 Å². The molecule has 2 nitrogen and oxygen atoms in total. The van der Waals surface area contributed by atoms with Gasteiger partial charge in [-0.15, -0.1) is 0 Å². The Morgan fingerprint density at radius 1 is 1.15 bits per heavy atom. The molecule has 1 aliphatic carbocycles. The molecule has 1 fully saturated rings. The van der Waals surface area contributed by atoms with E-state index >= 15 is 0 Å². The van der Waals surface area contributed by atoms with Crippen LogP contribution in [0.15, 0.2) is 42.0 Å². The molecular weight excluding hydrogens is 341 g/mol. The van der Waals surface area contributed by atoms with Gasteiger partial charge in [0.25, 0.3) is 0 Å². The molecule has 0 spiro atoms. The Labute approximate surface area is 150 Å². The Hall–Kier alpha value is -2.30. The highest BCUT2D eigenvalue weighted by Crippen LogP contribution is 2.42. The van der Waals surface area contributed by atoms with E-state index in [0.717, 1.165) is 12.8 Å². The largest absolute Gasteiger partial charge is 0.490 e. The maximum Gasteiger partial charge on any atom is 0.420 e. The number of hydrogen-bond acceptors (Lipinski definition) is 2. The number of ketones is 1. The third-order valence-electron chi connectivity index (χ3n) is 4.95. The zero-order valence-electron chi connectivity index (χ0n) is 14.8. The number of ether oxygens (including phenoxy) is 1. The van der Waals surface area contributed by atoms with Crippen molar-refractivity contribution in [2.45, 2.75) is 51.8 Å². The maximum absolute atomic E-state index is 13.8. The summed E-state index contributed by atoms with van der Waals surface area (Å²) in [7, 11) is 0. The summed E-state index contributed by atoms with van der Waals surface area (Å²) in [5, 5.41) is 0.446. The third-order valence-corrected chi connectivity index (χ3v) is 4.95. The van der Waals surface area contributed by atoms with Crippen molar-refractivity contribution >= 4 is 16.6 Å². The topological polar surface area (TPSA) is 26.3 Å². The van der Waals surface area contributed by atoms with E-state index in [1.54, 1.807) is 18.2 Å². The first-order valence-electron chi connectivity index (χ1n) is 8.75. The van der Waals surface area contributed by atoms with Crippen LogP contribution in [0.3, 0.4) is 0 Å². The molecule has 0 atom stereocenters. The van der Waals surface area contributed by atoms with Crippen molar-refractivity contribution in [3.05, 3.63) is 53.1 Å². The number of allylic oxidation sites excluding steroid dienone is 2. The Bertz CT molecular complexity index is 855. The van der Waals surface area contributed by atoms with Crippen LogP contribution in [0.1, 0.15) is 55.5 Å². The number of benzene rings is 2. The van der Waals surface area contributed by atoms with Gasteiger partial charge in [0.1, 0.15) is 11.3 Å². The van der Waals surface area contributed by atoms with Gasteiger partial charge in [0.05, 0.1) is 6.10 Å².